The largest absolute Gasteiger partial charge is 0.372 e. The third-order valence-electron chi connectivity index (χ3n) is 7.69. The molecule has 1 unspecified atom stereocenters. The number of piperidine rings is 1. The van der Waals surface area contributed by atoms with Crippen LogP contribution in [0.5, 0.6) is 0 Å². The van der Waals surface area contributed by atoms with E-state index in [4.69, 9.17) is 27.9 Å². The summed E-state index contributed by atoms with van der Waals surface area (Å²) in [7, 11) is -4.18. The molecule has 0 radical (unpaired) electrons. The molecule has 5 rings (SSSR count). The first kappa shape index (κ1) is 31.9. The number of unbranched alkanes of at least 4 members (excludes halogenated alkanes) is 1. The van der Waals surface area contributed by atoms with Gasteiger partial charge in [0.15, 0.2) is 11.5 Å². The van der Waals surface area contributed by atoms with E-state index >= 15 is 4.39 Å². The summed E-state index contributed by atoms with van der Waals surface area (Å²) in [5.41, 5.74) is 0.478. The molecule has 1 aliphatic rings. The van der Waals surface area contributed by atoms with Gasteiger partial charge in [0.1, 0.15) is 18.2 Å². The molecule has 1 amide bonds. The maximum Gasteiger partial charge on any atom is 0.269 e. The van der Waals surface area contributed by atoms with Gasteiger partial charge >= 0.3 is 0 Å². The molecule has 1 fully saturated rings. The molecule has 1 atom stereocenters. The highest BCUT2D eigenvalue weighted by atomic mass is 35.5. The summed E-state index contributed by atoms with van der Waals surface area (Å²) in [6.07, 6.45) is 4.71. The Morgan fingerprint density at radius 2 is 1.91 bits per heavy atom. The first-order valence-corrected chi connectivity index (χ1v) is 16.5. The summed E-state index contributed by atoms with van der Waals surface area (Å²) in [5.74, 6) is -0.849. The third kappa shape index (κ3) is 6.32. The van der Waals surface area contributed by atoms with Crippen molar-refractivity contribution in [1.29, 1.82) is 0 Å². The smallest absolute Gasteiger partial charge is 0.269 e. The fourth-order valence-electron chi connectivity index (χ4n) is 5.38. The Balaban J connectivity index is 1.67. The number of likely N-dealkylation sites (tertiary alicyclic amines) is 1. The van der Waals surface area contributed by atoms with Crippen molar-refractivity contribution in [2.75, 3.05) is 25.0 Å². The molecule has 4 aromatic rings. The van der Waals surface area contributed by atoms with Crippen LogP contribution in [-0.4, -0.2) is 52.9 Å². The zero-order valence-corrected chi connectivity index (χ0v) is 26.4. The molecule has 0 bridgehead atoms. The van der Waals surface area contributed by atoms with E-state index in [-0.39, 0.29) is 43.9 Å². The molecule has 44 heavy (non-hydrogen) atoms. The maximum absolute atomic E-state index is 15.0. The number of nitrogens with one attached hydrogen (secondary N) is 1. The van der Waals surface area contributed by atoms with Crippen molar-refractivity contribution in [3.63, 3.8) is 0 Å². The Labute approximate surface area is 265 Å². The van der Waals surface area contributed by atoms with Crippen LogP contribution in [-0.2, 0) is 19.6 Å². The number of hydrogen-bond acceptors (Lipinski definition) is 7. The first-order chi connectivity index (χ1) is 21.2. The standard InChI is InChI=1S/C31H32Cl2FN5O4S/c1-3-5-17-43-29(20-13-15-38(16-14-20)26(40)4-2)25-18-22-30(37-24-12-11-23(32)27(33)28(24)34)35-19-36-31(22)39(25)44(41,42)21-9-7-6-8-10-21/h4,6-12,18-20,29H,2-3,5,13-17H2,1H3,(H,35,36,37). The maximum atomic E-state index is 15.0. The molecule has 0 saturated carbocycles. The second kappa shape index (κ2) is 13.6. The summed E-state index contributed by atoms with van der Waals surface area (Å²) in [5, 5.41) is 3.08. The highest BCUT2D eigenvalue weighted by Gasteiger charge is 2.36. The van der Waals surface area contributed by atoms with E-state index in [1.807, 2.05) is 6.92 Å². The molecule has 3 heterocycles. The second-order valence-corrected chi connectivity index (χ2v) is 13.0. The summed E-state index contributed by atoms with van der Waals surface area (Å²) < 4.78 is 51.3. The third-order valence-corrected chi connectivity index (χ3v) is 10.2. The number of halogens is 3. The number of aromatic nitrogens is 3. The lowest BCUT2D eigenvalue weighted by atomic mass is 9.89. The Morgan fingerprint density at radius 1 is 1.18 bits per heavy atom. The van der Waals surface area contributed by atoms with E-state index in [0.29, 0.717) is 43.6 Å². The van der Waals surface area contributed by atoms with Crippen LogP contribution < -0.4 is 5.32 Å². The monoisotopic (exact) mass is 659 g/mol. The Morgan fingerprint density at radius 3 is 2.59 bits per heavy atom. The van der Waals surface area contributed by atoms with Crippen molar-refractivity contribution in [1.82, 2.24) is 18.8 Å². The Kier molecular flexibility index (Phi) is 9.89. The van der Waals surface area contributed by atoms with E-state index in [1.54, 1.807) is 29.2 Å². The molecule has 1 aliphatic heterocycles. The highest BCUT2D eigenvalue weighted by Crippen LogP contribution is 2.40. The van der Waals surface area contributed by atoms with Crippen LogP contribution in [0.3, 0.4) is 0 Å². The van der Waals surface area contributed by atoms with Crippen LogP contribution in [0.15, 0.2) is 72.4 Å². The summed E-state index contributed by atoms with van der Waals surface area (Å²) in [6, 6.07) is 12.6. The van der Waals surface area contributed by atoms with Gasteiger partial charge in [-0.2, -0.15) is 0 Å². The molecule has 1 saturated heterocycles. The van der Waals surface area contributed by atoms with E-state index < -0.39 is 21.9 Å². The van der Waals surface area contributed by atoms with E-state index in [2.05, 4.69) is 21.9 Å². The van der Waals surface area contributed by atoms with Crippen LogP contribution in [0.25, 0.3) is 11.0 Å². The van der Waals surface area contributed by atoms with E-state index in [9.17, 15) is 13.2 Å². The van der Waals surface area contributed by atoms with Crippen LogP contribution in [0.1, 0.15) is 44.4 Å². The molecular formula is C31H32Cl2FN5O4S. The average Bonchev–Trinajstić information content (AvgIpc) is 3.44. The lowest BCUT2D eigenvalue weighted by Crippen LogP contribution is -2.39. The molecule has 9 nitrogen and oxygen atoms in total. The highest BCUT2D eigenvalue weighted by molar-refractivity contribution is 7.90. The number of ether oxygens (including phenoxy) is 1. The van der Waals surface area contributed by atoms with Gasteiger partial charge in [0.2, 0.25) is 5.91 Å². The van der Waals surface area contributed by atoms with Gasteiger partial charge in [-0.3, -0.25) is 4.79 Å². The van der Waals surface area contributed by atoms with Gasteiger partial charge in [0.05, 0.1) is 31.7 Å². The van der Waals surface area contributed by atoms with Gasteiger partial charge < -0.3 is 15.0 Å². The predicted molar refractivity (Wildman–Crippen MR) is 169 cm³/mol. The number of amides is 1. The molecule has 2 aromatic heterocycles. The molecule has 2 aromatic carbocycles. The lowest BCUT2D eigenvalue weighted by Gasteiger charge is -2.36. The molecule has 1 N–H and O–H groups in total. The summed E-state index contributed by atoms with van der Waals surface area (Å²) >= 11 is 12.0. The number of nitrogens with zero attached hydrogens (tertiary/aromatic N) is 4. The molecule has 232 valence electrons. The molecule has 13 heteroatoms. The first-order valence-electron chi connectivity index (χ1n) is 14.3. The second-order valence-electron chi connectivity index (χ2n) is 10.5. The van der Waals surface area contributed by atoms with Crippen molar-refractivity contribution in [2.24, 2.45) is 5.92 Å². The Hall–Kier alpha value is -3.51. The minimum absolute atomic E-state index is 0.00891. The van der Waals surface area contributed by atoms with Crippen LogP contribution in [0, 0.1) is 11.7 Å². The normalized spacial score (nSPS) is 15.0. The number of benzene rings is 2. The molecular weight excluding hydrogens is 628 g/mol. The minimum Gasteiger partial charge on any atom is -0.372 e. The van der Waals surface area contributed by atoms with Crippen molar-refractivity contribution >= 4 is 61.7 Å². The predicted octanol–water partition coefficient (Wildman–Crippen LogP) is 7.14. The number of carbonyl (C=O) groups excluding carboxylic acids is 1. The molecule has 0 spiro atoms. The lowest BCUT2D eigenvalue weighted by molar-refractivity contribution is -0.128. The van der Waals surface area contributed by atoms with Crippen LogP contribution in [0.4, 0.5) is 15.9 Å². The topological polar surface area (TPSA) is 106 Å². The zero-order chi connectivity index (χ0) is 31.4. The van der Waals surface area contributed by atoms with E-state index in [1.165, 1.54) is 40.6 Å². The fraction of sp³-hybridized carbons (Fsp3) is 0.323. The average molecular weight is 661 g/mol. The summed E-state index contributed by atoms with van der Waals surface area (Å²) in [6.45, 7) is 7.01. The zero-order valence-electron chi connectivity index (χ0n) is 24.0. The van der Waals surface area contributed by atoms with Crippen molar-refractivity contribution in [3.8, 4) is 0 Å². The van der Waals surface area contributed by atoms with Crippen molar-refractivity contribution in [2.45, 2.75) is 43.6 Å². The van der Waals surface area contributed by atoms with Crippen molar-refractivity contribution in [3.05, 3.63) is 89.1 Å². The van der Waals surface area contributed by atoms with Crippen LogP contribution in [0.2, 0.25) is 10.0 Å². The SMILES string of the molecule is C=CC(=O)N1CCC(C(OCCCC)c2cc3c(Nc4ccc(Cl)c(Cl)c4F)ncnc3n2S(=O)(=O)c2ccccc2)CC1. The quantitative estimate of drug-likeness (QED) is 0.104. The van der Waals surface area contributed by atoms with Gasteiger partial charge in [-0.05, 0) is 61.6 Å². The van der Waals surface area contributed by atoms with Gasteiger partial charge in [0, 0.05) is 19.7 Å². The van der Waals surface area contributed by atoms with Gasteiger partial charge in [0.25, 0.3) is 10.0 Å². The number of anilines is 2. The fourth-order valence-corrected chi connectivity index (χ4v) is 7.21. The molecule has 0 aliphatic carbocycles. The van der Waals surface area contributed by atoms with Crippen LogP contribution >= 0.6 is 23.2 Å². The van der Waals surface area contributed by atoms with Gasteiger partial charge in [-0.15, -0.1) is 0 Å². The van der Waals surface area contributed by atoms with Gasteiger partial charge in [-0.25, -0.2) is 26.7 Å². The van der Waals surface area contributed by atoms with E-state index in [0.717, 1.165) is 12.8 Å². The number of carbonyl (C=O) groups is 1. The minimum atomic E-state index is -4.18. The summed E-state index contributed by atoms with van der Waals surface area (Å²) in [4.78, 5) is 22.8. The van der Waals surface area contributed by atoms with Gasteiger partial charge in [-0.1, -0.05) is 61.3 Å². The number of fused-ring (bicyclic) bond motifs is 1. The van der Waals surface area contributed by atoms with Crippen molar-refractivity contribution < 1.29 is 22.3 Å². The number of rotatable bonds is 11. The number of hydrogen-bond donors (Lipinski definition) is 1. The Bertz CT molecular complexity index is 1780.